The molecular formula is C14H13ClN2O2. The summed E-state index contributed by atoms with van der Waals surface area (Å²) in [5.41, 5.74) is 7.32. The van der Waals surface area contributed by atoms with Crippen molar-refractivity contribution in [1.82, 2.24) is 0 Å². The van der Waals surface area contributed by atoms with Gasteiger partial charge in [0.2, 0.25) is 0 Å². The van der Waals surface area contributed by atoms with Gasteiger partial charge in [0.25, 0.3) is 5.91 Å². The first kappa shape index (κ1) is 13.2. The normalized spacial score (nSPS) is 10.0. The maximum atomic E-state index is 12.0. The van der Waals surface area contributed by atoms with Gasteiger partial charge in [-0.15, -0.1) is 0 Å². The quantitative estimate of drug-likeness (QED) is 0.846. The van der Waals surface area contributed by atoms with Gasteiger partial charge in [0.05, 0.1) is 12.1 Å². The lowest BCUT2D eigenvalue weighted by Crippen LogP contribution is -2.12. The number of methoxy groups -OCH3 is 1. The standard InChI is InChI=1S/C14H13ClN2O2/c1-19-13-6-5-9(7-12(13)15)14(18)17-11-4-2-3-10(16)8-11/h2-8H,16H2,1H3,(H,17,18). The third-order valence-electron chi connectivity index (χ3n) is 2.56. The van der Waals surface area contributed by atoms with E-state index in [2.05, 4.69) is 5.32 Å². The Hall–Kier alpha value is -2.20. The van der Waals surface area contributed by atoms with Crippen LogP contribution in [-0.4, -0.2) is 13.0 Å². The smallest absolute Gasteiger partial charge is 0.255 e. The Labute approximate surface area is 116 Å². The summed E-state index contributed by atoms with van der Waals surface area (Å²) in [6.45, 7) is 0. The number of carbonyl (C=O) groups is 1. The van der Waals surface area contributed by atoms with Gasteiger partial charge in [0, 0.05) is 16.9 Å². The third kappa shape index (κ3) is 3.17. The lowest BCUT2D eigenvalue weighted by Gasteiger charge is -2.08. The van der Waals surface area contributed by atoms with E-state index in [0.29, 0.717) is 27.7 Å². The number of hydrogen-bond donors (Lipinski definition) is 2. The lowest BCUT2D eigenvalue weighted by atomic mass is 10.2. The number of halogens is 1. The van der Waals surface area contributed by atoms with Crippen molar-refractivity contribution in [2.45, 2.75) is 0 Å². The van der Waals surface area contributed by atoms with Gasteiger partial charge in [-0.2, -0.15) is 0 Å². The van der Waals surface area contributed by atoms with Gasteiger partial charge in [0.1, 0.15) is 5.75 Å². The lowest BCUT2D eigenvalue weighted by molar-refractivity contribution is 0.102. The van der Waals surface area contributed by atoms with Crippen LogP contribution in [0.15, 0.2) is 42.5 Å². The zero-order valence-corrected chi connectivity index (χ0v) is 11.1. The molecule has 3 N–H and O–H groups in total. The second kappa shape index (κ2) is 5.63. The molecule has 0 radical (unpaired) electrons. The predicted molar refractivity (Wildman–Crippen MR) is 76.8 cm³/mol. The fourth-order valence-electron chi connectivity index (χ4n) is 1.63. The highest BCUT2D eigenvalue weighted by molar-refractivity contribution is 6.32. The average molecular weight is 277 g/mol. The molecule has 0 heterocycles. The number of rotatable bonds is 3. The van der Waals surface area contributed by atoms with Crippen LogP contribution in [0, 0.1) is 0 Å². The van der Waals surface area contributed by atoms with E-state index in [0.717, 1.165) is 0 Å². The Bertz CT molecular complexity index is 614. The molecule has 5 heteroatoms. The molecule has 0 aliphatic rings. The summed E-state index contributed by atoms with van der Waals surface area (Å²) in [6, 6.07) is 11.8. The van der Waals surface area contributed by atoms with Crippen molar-refractivity contribution in [2.24, 2.45) is 0 Å². The van der Waals surface area contributed by atoms with E-state index in [-0.39, 0.29) is 5.91 Å². The topological polar surface area (TPSA) is 64.3 Å². The van der Waals surface area contributed by atoms with Crippen molar-refractivity contribution in [1.29, 1.82) is 0 Å². The number of nitrogens with one attached hydrogen (secondary N) is 1. The summed E-state index contributed by atoms with van der Waals surface area (Å²) in [6.07, 6.45) is 0. The molecule has 0 aliphatic carbocycles. The number of benzene rings is 2. The molecule has 19 heavy (non-hydrogen) atoms. The first-order valence-electron chi connectivity index (χ1n) is 5.60. The minimum Gasteiger partial charge on any atom is -0.495 e. The highest BCUT2D eigenvalue weighted by Gasteiger charge is 2.09. The summed E-state index contributed by atoms with van der Waals surface area (Å²) >= 11 is 5.98. The first-order valence-corrected chi connectivity index (χ1v) is 5.98. The molecule has 98 valence electrons. The molecule has 0 fully saturated rings. The fraction of sp³-hybridized carbons (Fsp3) is 0.0714. The molecule has 0 unspecified atom stereocenters. The Kier molecular flexibility index (Phi) is 3.92. The SMILES string of the molecule is COc1ccc(C(=O)Nc2cccc(N)c2)cc1Cl. The molecule has 0 saturated carbocycles. The van der Waals surface area contributed by atoms with Crippen molar-refractivity contribution < 1.29 is 9.53 Å². The monoisotopic (exact) mass is 276 g/mol. The van der Waals surface area contributed by atoms with E-state index in [1.54, 1.807) is 42.5 Å². The molecular weight excluding hydrogens is 264 g/mol. The first-order chi connectivity index (χ1) is 9.10. The molecule has 2 rings (SSSR count). The zero-order chi connectivity index (χ0) is 13.8. The van der Waals surface area contributed by atoms with E-state index < -0.39 is 0 Å². The largest absolute Gasteiger partial charge is 0.495 e. The molecule has 2 aromatic carbocycles. The van der Waals surface area contributed by atoms with Crippen LogP contribution in [0.3, 0.4) is 0 Å². The number of nitrogens with two attached hydrogens (primary N) is 1. The molecule has 4 nitrogen and oxygen atoms in total. The van der Waals surface area contributed by atoms with Crippen LogP contribution in [0.2, 0.25) is 5.02 Å². The number of nitrogen functional groups attached to an aromatic ring is 1. The number of carbonyl (C=O) groups excluding carboxylic acids is 1. The second-order valence-corrected chi connectivity index (χ2v) is 4.34. The van der Waals surface area contributed by atoms with E-state index in [4.69, 9.17) is 22.1 Å². The van der Waals surface area contributed by atoms with Gasteiger partial charge in [-0.05, 0) is 36.4 Å². The van der Waals surface area contributed by atoms with Crippen LogP contribution < -0.4 is 15.8 Å². The van der Waals surface area contributed by atoms with Crippen LogP contribution in [0.25, 0.3) is 0 Å². The van der Waals surface area contributed by atoms with Gasteiger partial charge >= 0.3 is 0 Å². The second-order valence-electron chi connectivity index (χ2n) is 3.93. The Morgan fingerprint density at radius 3 is 2.68 bits per heavy atom. The molecule has 0 spiro atoms. The van der Waals surface area contributed by atoms with E-state index in [1.807, 2.05) is 0 Å². The molecule has 0 aromatic heterocycles. The third-order valence-corrected chi connectivity index (χ3v) is 2.85. The van der Waals surface area contributed by atoms with Crippen molar-refractivity contribution in [2.75, 3.05) is 18.2 Å². The zero-order valence-electron chi connectivity index (χ0n) is 10.3. The summed E-state index contributed by atoms with van der Waals surface area (Å²) in [4.78, 5) is 12.0. The number of hydrogen-bond acceptors (Lipinski definition) is 3. The van der Waals surface area contributed by atoms with Crippen LogP contribution in [0.1, 0.15) is 10.4 Å². The van der Waals surface area contributed by atoms with Crippen molar-refractivity contribution in [3.8, 4) is 5.75 Å². The molecule has 0 atom stereocenters. The number of amides is 1. The van der Waals surface area contributed by atoms with Gasteiger partial charge in [-0.25, -0.2) is 0 Å². The molecule has 0 saturated heterocycles. The van der Waals surface area contributed by atoms with Crippen molar-refractivity contribution in [3.05, 3.63) is 53.1 Å². The Morgan fingerprint density at radius 2 is 2.05 bits per heavy atom. The number of anilines is 2. The van der Waals surface area contributed by atoms with E-state index in [9.17, 15) is 4.79 Å². The summed E-state index contributed by atoms with van der Waals surface area (Å²) in [7, 11) is 1.52. The van der Waals surface area contributed by atoms with Gasteiger partial charge < -0.3 is 15.8 Å². The van der Waals surface area contributed by atoms with Gasteiger partial charge in [0.15, 0.2) is 0 Å². The molecule has 1 amide bonds. The maximum absolute atomic E-state index is 12.0. The Morgan fingerprint density at radius 1 is 1.26 bits per heavy atom. The highest BCUT2D eigenvalue weighted by Crippen LogP contribution is 2.25. The van der Waals surface area contributed by atoms with E-state index in [1.165, 1.54) is 7.11 Å². The fourth-order valence-corrected chi connectivity index (χ4v) is 1.89. The van der Waals surface area contributed by atoms with Crippen LogP contribution in [0.4, 0.5) is 11.4 Å². The van der Waals surface area contributed by atoms with Gasteiger partial charge in [-0.3, -0.25) is 4.79 Å². The average Bonchev–Trinajstić information content (AvgIpc) is 2.38. The van der Waals surface area contributed by atoms with Crippen LogP contribution in [-0.2, 0) is 0 Å². The van der Waals surface area contributed by atoms with Crippen molar-refractivity contribution in [3.63, 3.8) is 0 Å². The van der Waals surface area contributed by atoms with Crippen LogP contribution in [0.5, 0.6) is 5.75 Å². The van der Waals surface area contributed by atoms with Gasteiger partial charge in [-0.1, -0.05) is 17.7 Å². The molecule has 0 aliphatic heterocycles. The molecule has 0 bridgehead atoms. The Balaban J connectivity index is 2.18. The minimum absolute atomic E-state index is 0.254. The van der Waals surface area contributed by atoms with E-state index >= 15 is 0 Å². The predicted octanol–water partition coefficient (Wildman–Crippen LogP) is 3.18. The van der Waals surface area contributed by atoms with Crippen LogP contribution >= 0.6 is 11.6 Å². The van der Waals surface area contributed by atoms with Crippen molar-refractivity contribution >= 4 is 28.9 Å². The maximum Gasteiger partial charge on any atom is 0.255 e. The summed E-state index contributed by atoms with van der Waals surface area (Å²) < 4.78 is 5.03. The highest BCUT2D eigenvalue weighted by atomic mass is 35.5. The minimum atomic E-state index is -0.254. The number of ether oxygens (including phenoxy) is 1. The molecule has 2 aromatic rings. The summed E-state index contributed by atoms with van der Waals surface area (Å²) in [5, 5.41) is 3.14. The summed E-state index contributed by atoms with van der Waals surface area (Å²) in [5.74, 6) is 0.275.